The van der Waals surface area contributed by atoms with E-state index in [1.165, 1.54) is 6.07 Å². The van der Waals surface area contributed by atoms with Crippen LogP contribution in [-0.2, 0) is 6.61 Å². The number of hydrogen-bond donors (Lipinski definition) is 0. The number of pyridine rings is 2. The van der Waals surface area contributed by atoms with Gasteiger partial charge in [0.15, 0.2) is 0 Å². The summed E-state index contributed by atoms with van der Waals surface area (Å²) in [5, 5.41) is 0.571. The predicted octanol–water partition coefficient (Wildman–Crippen LogP) is 4.19. The molecule has 158 valence electrons. The summed E-state index contributed by atoms with van der Waals surface area (Å²) in [5.74, 6) is 1.28. The molecule has 0 atom stereocenters. The molecule has 0 bridgehead atoms. The lowest BCUT2D eigenvalue weighted by molar-refractivity contribution is 0.223. The van der Waals surface area contributed by atoms with Gasteiger partial charge in [0.05, 0.1) is 10.7 Å². The maximum atomic E-state index is 12.5. The summed E-state index contributed by atoms with van der Waals surface area (Å²) in [4.78, 5) is 19.0. The molecule has 0 aliphatic carbocycles. The van der Waals surface area contributed by atoms with Crippen LogP contribution >= 0.6 is 11.6 Å². The largest absolute Gasteiger partial charge is 0.492 e. The lowest BCUT2D eigenvalue weighted by Crippen LogP contribution is -2.27. The van der Waals surface area contributed by atoms with E-state index in [0.29, 0.717) is 17.4 Å². The van der Waals surface area contributed by atoms with Crippen molar-refractivity contribution in [1.29, 1.82) is 0 Å². The standard InChI is InChI=1S/C23H26ClN3O3/c1-3-26(4-2)13-14-29-21-9-7-20(8-10-21)27-12-11-22(15-23(27)28)30-17-19-6-5-18(24)16-25-19/h5-12,15-16H,3-4,13-14,17H2,1-2H3. The normalized spacial score (nSPS) is 10.9. The number of hydrogen-bond acceptors (Lipinski definition) is 5. The van der Waals surface area contributed by atoms with Crippen LogP contribution in [0.4, 0.5) is 0 Å². The molecule has 7 heteroatoms. The van der Waals surface area contributed by atoms with Crippen molar-refractivity contribution in [2.75, 3.05) is 26.2 Å². The average Bonchev–Trinajstić information content (AvgIpc) is 2.77. The van der Waals surface area contributed by atoms with E-state index in [4.69, 9.17) is 21.1 Å². The molecule has 0 radical (unpaired) electrons. The van der Waals surface area contributed by atoms with E-state index in [9.17, 15) is 4.79 Å². The number of halogens is 1. The van der Waals surface area contributed by atoms with Crippen LogP contribution in [0.5, 0.6) is 11.5 Å². The first-order valence-corrected chi connectivity index (χ1v) is 10.4. The maximum absolute atomic E-state index is 12.5. The van der Waals surface area contributed by atoms with Crippen LogP contribution in [0.15, 0.2) is 65.7 Å². The lowest BCUT2D eigenvalue weighted by Gasteiger charge is -2.18. The van der Waals surface area contributed by atoms with Gasteiger partial charge in [-0.25, -0.2) is 0 Å². The van der Waals surface area contributed by atoms with Gasteiger partial charge in [-0.15, -0.1) is 0 Å². The summed E-state index contributed by atoms with van der Waals surface area (Å²) in [7, 11) is 0. The third kappa shape index (κ3) is 6.08. The third-order valence-electron chi connectivity index (χ3n) is 4.75. The van der Waals surface area contributed by atoms with E-state index >= 15 is 0 Å². The zero-order valence-electron chi connectivity index (χ0n) is 17.3. The van der Waals surface area contributed by atoms with Gasteiger partial charge in [-0.2, -0.15) is 0 Å². The smallest absolute Gasteiger partial charge is 0.258 e. The molecule has 1 aromatic carbocycles. The van der Waals surface area contributed by atoms with Crippen molar-refractivity contribution < 1.29 is 9.47 Å². The fourth-order valence-corrected chi connectivity index (χ4v) is 3.06. The Morgan fingerprint density at radius 1 is 1.00 bits per heavy atom. The number of benzene rings is 1. The highest BCUT2D eigenvalue weighted by Gasteiger charge is 2.05. The quantitative estimate of drug-likeness (QED) is 0.485. The van der Waals surface area contributed by atoms with E-state index in [-0.39, 0.29) is 12.2 Å². The molecule has 0 spiro atoms. The van der Waals surface area contributed by atoms with E-state index in [2.05, 4.69) is 23.7 Å². The molecule has 0 saturated heterocycles. The van der Waals surface area contributed by atoms with Gasteiger partial charge < -0.3 is 14.4 Å². The van der Waals surface area contributed by atoms with Crippen molar-refractivity contribution >= 4 is 11.6 Å². The molecule has 0 amide bonds. The summed E-state index contributed by atoms with van der Waals surface area (Å²) in [6.45, 7) is 8.09. The molecular weight excluding hydrogens is 402 g/mol. The minimum absolute atomic E-state index is 0.174. The molecule has 0 unspecified atom stereocenters. The van der Waals surface area contributed by atoms with E-state index in [0.717, 1.165) is 36.8 Å². The molecule has 0 fully saturated rings. The molecule has 0 aliphatic rings. The van der Waals surface area contributed by atoms with E-state index in [1.54, 1.807) is 35.2 Å². The summed E-state index contributed by atoms with van der Waals surface area (Å²) in [6.07, 6.45) is 3.26. The van der Waals surface area contributed by atoms with Gasteiger partial charge in [0.25, 0.3) is 5.56 Å². The monoisotopic (exact) mass is 427 g/mol. The summed E-state index contributed by atoms with van der Waals surface area (Å²) in [6, 6.07) is 14.2. The van der Waals surface area contributed by atoms with Gasteiger partial charge in [-0.1, -0.05) is 25.4 Å². The summed E-state index contributed by atoms with van der Waals surface area (Å²) in [5.41, 5.74) is 1.33. The Bertz CT molecular complexity index is 984. The zero-order valence-corrected chi connectivity index (χ0v) is 18.0. The second-order valence-electron chi connectivity index (χ2n) is 6.70. The van der Waals surface area contributed by atoms with Crippen molar-refractivity contribution in [3.63, 3.8) is 0 Å². The molecule has 0 N–H and O–H groups in total. The van der Waals surface area contributed by atoms with Gasteiger partial charge >= 0.3 is 0 Å². The third-order valence-corrected chi connectivity index (χ3v) is 4.98. The van der Waals surface area contributed by atoms with Gasteiger partial charge in [0.2, 0.25) is 0 Å². The average molecular weight is 428 g/mol. The predicted molar refractivity (Wildman–Crippen MR) is 119 cm³/mol. The van der Waals surface area contributed by atoms with Crippen LogP contribution in [0.2, 0.25) is 5.02 Å². The highest BCUT2D eigenvalue weighted by molar-refractivity contribution is 6.30. The molecular formula is C23H26ClN3O3. The van der Waals surface area contributed by atoms with Crippen molar-refractivity contribution in [3.05, 3.63) is 82.0 Å². The van der Waals surface area contributed by atoms with E-state index in [1.807, 2.05) is 24.3 Å². The van der Waals surface area contributed by atoms with Gasteiger partial charge in [0.1, 0.15) is 24.7 Å². The van der Waals surface area contributed by atoms with E-state index < -0.39 is 0 Å². The van der Waals surface area contributed by atoms with Crippen LogP contribution in [0.1, 0.15) is 19.5 Å². The lowest BCUT2D eigenvalue weighted by atomic mass is 10.3. The molecule has 3 rings (SSSR count). The summed E-state index contributed by atoms with van der Waals surface area (Å²) >= 11 is 5.83. The summed E-state index contributed by atoms with van der Waals surface area (Å²) < 4.78 is 13.0. The second-order valence-corrected chi connectivity index (χ2v) is 7.13. The highest BCUT2D eigenvalue weighted by atomic mass is 35.5. The van der Waals surface area contributed by atoms with Crippen LogP contribution < -0.4 is 15.0 Å². The number of ether oxygens (including phenoxy) is 2. The number of aromatic nitrogens is 2. The first-order chi connectivity index (χ1) is 14.6. The van der Waals surface area contributed by atoms with Crippen LogP contribution in [-0.4, -0.2) is 40.7 Å². The van der Waals surface area contributed by atoms with Crippen molar-refractivity contribution in [3.8, 4) is 17.2 Å². The second kappa shape index (κ2) is 10.8. The number of likely N-dealkylation sites (N-methyl/N-ethyl adjacent to an activating group) is 1. The molecule has 2 aromatic heterocycles. The Balaban J connectivity index is 1.59. The van der Waals surface area contributed by atoms with Crippen LogP contribution in [0.25, 0.3) is 5.69 Å². The van der Waals surface area contributed by atoms with Crippen molar-refractivity contribution in [2.45, 2.75) is 20.5 Å². The SMILES string of the molecule is CCN(CC)CCOc1ccc(-n2ccc(OCc3ccc(Cl)cn3)cc2=O)cc1. The van der Waals surface area contributed by atoms with Crippen molar-refractivity contribution in [1.82, 2.24) is 14.5 Å². The molecule has 0 saturated carbocycles. The molecule has 30 heavy (non-hydrogen) atoms. The molecule has 0 aliphatic heterocycles. The number of rotatable bonds is 10. The van der Waals surface area contributed by atoms with Crippen LogP contribution in [0, 0.1) is 0 Å². The molecule has 2 heterocycles. The Morgan fingerprint density at radius 3 is 2.40 bits per heavy atom. The van der Waals surface area contributed by atoms with Gasteiger partial charge in [-0.3, -0.25) is 14.3 Å². The number of nitrogens with zero attached hydrogens (tertiary/aromatic N) is 3. The van der Waals surface area contributed by atoms with Crippen LogP contribution in [0.3, 0.4) is 0 Å². The Kier molecular flexibility index (Phi) is 7.88. The molecule has 3 aromatic rings. The first-order valence-electron chi connectivity index (χ1n) is 10.0. The highest BCUT2D eigenvalue weighted by Crippen LogP contribution is 2.16. The Morgan fingerprint density at radius 2 is 1.77 bits per heavy atom. The van der Waals surface area contributed by atoms with Gasteiger partial charge in [0, 0.05) is 30.7 Å². The fourth-order valence-electron chi connectivity index (χ4n) is 2.95. The van der Waals surface area contributed by atoms with Crippen molar-refractivity contribution in [2.24, 2.45) is 0 Å². The van der Waals surface area contributed by atoms with Gasteiger partial charge in [-0.05, 0) is 55.6 Å². The zero-order chi connectivity index (χ0) is 21.3. The maximum Gasteiger partial charge on any atom is 0.258 e. The minimum Gasteiger partial charge on any atom is -0.492 e. The molecule has 6 nitrogen and oxygen atoms in total. The Labute approximate surface area is 181 Å². The minimum atomic E-state index is -0.174. The Hall–Kier alpha value is -2.83. The first kappa shape index (κ1) is 21.9. The fraction of sp³-hybridized carbons (Fsp3) is 0.304. The topological polar surface area (TPSA) is 56.6 Å².